The number of carbonyl (C=O) groups excluding carboxylic acids is 1. The van der Waals surface area contributed by atoms with Gasteiger partial charge in [0.25, 0.3) is 0 Å². The van der Waals surface area contributed by atoms with Crippen molar-refractivity contribution in [3.63, 3.8) is 0 Å². The maximum Gasteiger partial charge on any atom is 0.374 e. The molecule has 1 rings (SSSR count). The van der Waals surface area contributed by atoms with Crippen molar-refractivity contribution in [3.8, 4) is 0 Å². The second kappa shape index (κ2) is 7.18. The number of carbonyl (C=O) groups is 1. The smallest absolute Gasteiger partial charge is 0.374 e. The van der Waals surface area contributed by atoms with E-state index < -0.39 is 5.97 Å². The van der Waals surface area contributed by atoms with Crippen molar-refractivity contribution in [2.45, 2.75) is 34.1 Å². The summed E-state index contributed by atoms with van der Waals surface area (Å²) in [5.74, 6) is 0.698. The molecule has 1 aromatic rings. The number of rotatable bonds is 3. The minimum absolute atomic E-state index is 0.286. The summed E-state index contributed by atoms with van der Waals surface area (Å²) >= 11 is 0. The number of hydrogen-bond acceptors (Lipinski definition) is 3. The van der Waals surface area contributed by atoms with Gasteiger partial charge in [-0.1, -0.05) is 20.8 Å². The fraction of sp³-hybridized carbons (Fsp3) is 0.545. The number of esters is 1. The van der Waals surface area contributed by atoms with Gasteiger partial charge in [-0.15, -0.1) is 0 Å². The summed E-state index contributed by atoms with van der Waals surface area (Å²) in [6.45, 7) is 8.11. The Labute approximate surface area is 85.1 Å². The predicted molar refractivity (Wildman–Crippen MR) is 55.4 cm³/mol. The van der Waals surface area contributed by atoms with Gasteiger partial charge in [-0.3, -0.25) is 0 Å². The molecule has 80 valence electrons. The van der Waals surface area contributed by atoms with Gasteiger partial charge in [-0.25, -0.2) is 4.79 Å². The lowest BCUT2D eigenvalue weighted by molar-refractivity contribution is 0.0488. The summed E-state index contributed by atoms with van der Waals surface area (Å²) in [7, 11) is 0. The minimum Gasteiger partial charge on any atom is -0.460 e. The quantitative estimate of drug-likeness (QED) is 0.701. The lowest BCUT2D eigenvalue weighted by atomic mass is 10.3. The van der Waals surface area contributed by atoms with Crippen LogP contribution in [0.25, 0.3) is 0 Å². The molecule has 1 aromatic heterocycles. The Balaban J connectivity index is 0.000000791. The van der Waals surface area contributed by atoms with Crippen molar-refractivity contribution in [1.29, 1.82) is 0 Å². The van der Waals surface area contributed by atoms with Gasteiger partial charge in [0.2, 0.25) is 5.76 Å². The monoisotopic (exact) mass is 198 g/mol. The molecular formula is C11H18O3. The predicted octanol–water partition coefficient (Wildman–Crippen LogP) is 3.04. The molecule has 0 aliphatic heterocycles. The molecule has 0 radical (unpaired) electrons. The van der Waals surface area contributed by atoms with E-state index in [9.17, 15) is 4.79 Å². The molecule has 14 heavy (non-hydrogen) atoms. The highest BCUT2D eigenvalue weighted by molar-refractivity contribution is 5.86. The lowest BCUT2D eigenvalue weighted by Gasteiger charge is -1.96. The average Bonchev–Trinajstić information content (AvgIpc) is 2.69. The van der Waals surface area contributed by atoms with E-state index in [2.05, 4.69) is 0 Å². The summed E-state index contributed by atoms with van der Waals surface area (Å²) in [6.07, 6.45) is 0.791. The maximum atomic E-state index is 11.1. The van der Waals surface area contributed by atoms with Crippen LogP contribution in [0.1, 0.15) is 44.0 Å². The molecule has 0 fully saturated rings. The summed E-state index contributed by atoms with van der Waals surface area (Å²) in [5, 5.41) is 0. The third-order valence-corrected chi connectivity index (χ3v) is 1.49. The van der Waals surface area contributed by atoms with E-state index in [4.69, 9.17) is 9.15 Å². The lowest BCUT2D eigenvalue weighted by Crippen LogP contribution is -2.02. The second-order valence-corrected chi connectivity index (χ2v) is 2.34. The molecule has 0 spiro atoms. The maximum absolute atomic E-state index is 11.1. The second-order valence-electron chi connectivity index (χ2n) is 2.34. The molecule has 0 saturated carbocycles. The Morgan fingerprint density at radius 3 is 2.43 bits per heavy atom. The molecule has 0 N–H and O–H groups in total. The molecule has 0 unspecified atom stereocenters. The van der Waals surface area contributed by atoms with Gasteiger partial charge in [0, 0.05) is 6.42 Å². The van der Waals surface area contributed by atoms with Crippen molar-refractivity contribution in [2.75, 3.05) is 6.61 Å². The van der Waals surface area contributed by atoms with Gasteiger partial charge >= 0.3 is 5.97 Å². The van der Waals surface area contributed by atoms with Crippen LogP contribution in [0.4, 0.5) is 0 Å². The van der Waals surface area contributed by atoms with Crippen LogP contribution in [0.15, 0.2) is 16.5 Å². The molecule has 0 aromatic carbocycles. The Hall–Kier alpha value is -1.25. The van der Waals surface area contributed by atoms with E-state index in [1.54, 1.807) is 19.1 Å². The van der Waals surface area contributed by atoms with E-state index in [1.165, 1.54) is 0 Å². The Morgan fingerprint density at radius 1 is 1.36 bits per heavy atom. The zero-order valence-electron chi connectivity index (χ0n) is 9.29. The minimum atomic E-state index is -0.391. The summed E-state index contributed by atoms with van der Waals surface area (Å²) in [6, 6.07) is 3.42. The van der Waals surface area contributed by atoms with Crippen molar-refractivity contribution in [1.82, 2.24) is 0 Å². The third-order valence-electron chi connectivity index (χ3n) is 1.49. The van der Waals surface area contributed by atoms with Gasteiger partial charge in [-0.05, 0) is 19.1 Å². The number of furan rings is 1. The van der Waals surface area contributed by atoms with Crippen molar-refractivity contribution in [2.24, 2.45) is 0 Å². The fourth-order valence-electron chi connectivity index (χ4n) is 0.880. The van der Waals surface area contributed by atoms with Crippen LogP contribution >= 0.6 is 0 Å². The van der Waals surface area contributed by atoms with Gasteiger partial charge < -0.3 is 9.15 Å². The first-order valence-corrected chi connectivity index (χ1v) is 5.03. The highest BCUT2D eigenvalue weighted by Crippen LogP contribution is 2.09. The highest BCUT2D eigenvalue weighted by atomic mass is 16.5. The van der Waals surface area contributed by atoms with Gasteiger partial charge in [-0.2, -0.15) is 0 Å². The topological polar surface area (TPSA) is 39.4 Å². The number of aryl methyl sites for hydroxylation is 1. The van der Waals surface area contributed by atoms with Crippen LogP contribution in [-0.2, 0) is 11.2 Å². The molecule has 3 nitrogen and oxygen atoms in total. The first-order valence-electron chi connectivity index (χ1n) is 5.03. The molecule has 0 saturated heterocycles. The Kier molecular flexibility index (Phi) is 6.54. The van der Waals surface area contributed by atoms with E-state index in [-0.39, 0.29) is 5.76 Å². The van der Waals surface area contributed by atoms with E-state index in [1.807, 2.05) is 20.8 Å². The van der Waals surface area contributed by atoms with E-state index >= 15 is 0 Å². The highest BCUT2D eigenvalue weighted by Gasteiger charge is 2.10. The van der Waals surface area contributed by atoms with Crippen LogP contribution < -0.4 is 0 Å². The normalized spacial score (nSPS) is 8.86. The first kappa shape index (κ1) is 12.8. The van der Waals surface area contributed by atoms with Gasteiger partial charge in [0.1, 0.15) is 5.76 Å². The standard InChI is InChI=1S/C9H12O3.C2H6/c1-3-7-5-6-8(12-7)9(10)11-4-2;1-2/h5-6H,3-4H2,1-2H3;1-2H3. The van der Waals surface area contributed by atoms with Crippen LogP contribution in [0, 0.1) is 0 Å². The van der Waals surface area contributed by atoms with Crippen LogP contribution in [-0.4, -0.2) is 12.6 Å². The molecule has 0 bridgehead atoms. The SMILES string of the molecule is CC.CCOC(=O)c1ccc(CC)o1. The van der Waals surface area contributed by atoms with E-state index in [0.29, 0.717) is 6.61 Å². The van der Waals surface area contributed by atoms with Crippen LogP contribution in [0.5, 0.6) is 0 Å². The van der Waals surface area contributed by atoms with Crippen LogP contribution in [0.3, 0.4) is 0 Å². The Bertz CT molecular complexity index is 263. The zero-order chi connectivity index (χ0) is 11.0. The molecule has 1 heterocycles. The van der Waals surface area contributed by atoms with Gasteiger partial charge in [0.05, 0.1) is 6.61 Å². The molecule has 0 aliphatic rings. The Morgan fingerprint density at radius 2 is 2.00 bits per heavy atom. The van der Waals surface area contributed by atoms with Gasteiger partial charge in [0.15, 0.2) is 0 Å². The van der Waals surface area contributed by atoms with Crippen molar-refractivity contribution in [3.05, 3.63) is 23.7 Å². The largest absolute Gasteiger partial charge is 0.460 e. The molecule has 3 heteroatoms. The molecule has 0 aliphatic carbocycles. The van der Waals surface area contributed by atoms with E-state index in [0.717, 1.165) is 12.2 Å². The molecule has 0 amide bonds. The molecular weight excluding hydrogens is 180 g/mol. The number of hydrogen-bond donors (Lipinski definition) is 0. The van der Waals surface area contributed by atoms with Crippen molar-refractivity contribution < 1.29 is 13.9 Å². The third kappa shape index (κ3) is 3.64. The summed E-state index contributed by atoms with van der Waals surface area (Å²) in [4.78, 5) is 11.1. The fourth-order valence-corrected chi connectivity index (χ4v) is 0.880. The molecule has 0 atom stereocenters. The van der Waals surface area contributed by atoms with Crippen molar-refractivity contribution >= 4 is 5.97 Å². The van der Waals surface area contributed by atoms with Crippen LogP contribution in [0.2, 0.25) is 0 Å². The zero-order valence-corrected chi connectivity index (χ0v) is 9.29. The first-order chi connectivity index (χ1) is 6.77. The summed E-state index contributed by atoms with van der Waals surface area (Å²) in [5.41, 5.74) is 0. The average molecular weight is 198 g/mol. The summed E-state index contributed by atoms with van der Waals surface area (Å²) < 4.78 is 9.93. The number of ether oxygens (including phenoxy) is 1.